The van der Waals surface area contributed by atoms with Gasteiger partial charge in [0.25, 0.3) is 5.91 Å². The summed E-state index contributed by atoms with van der Waals surface area (Å²) in [5.41, 5.74) is 1.62. The highest BCUT2D eigenvalue weighted by Gasteiger charge is 2.15. The second-order valence-corrected chi connectivity index (χ2v) is 6.94. The van der Waals surface area contributed by atoms with Crippen LogP contribution in [0.2, 0.25) is 5.02 Å². The molecule has 156 valence electrons. The molecule has 3 aromatic rings. The van der Waals surface area contributed by atoms with Crippen molar-refractivity contribution in [2.45, 2.75) is 6.92 Å². The van der Waals surface area contributed by atoms with Gasteiger partial charge in [-0.3, -0.25) is 4.79 Å². The summed E-state index contributed by atoms with van der Waals surface area (Å²) in [6.45, 7) is 1.87. The summed E-state index contributed by atoms with van der Waals surface area (Å²) in [5, 5.41) is 21.4. The quantitative estimate of drug-likeness (QED) is 0.407. The third-order valence-electron chi connectivity index (χ3n) is 4.36. The minimum atomic E-state index is -1.16. The van der Waals surface area contributed by atoms with Gasteiger partial charge in [-0.05, 0) is 55.0 Å². The number of ether oxygens (including phenoxy) is 1. The van der Waals surface area contributed by atoms with Crippen LogP contribution in [-0.2, 0) is 4.79 Å². The molecule has 0 saturated carbocycles. The predicted octanol–water partition coefficient (Wildman–Crippen LogP) is 5.16. The summed E-state index contributed by atoms with van der Waals surface area (Å²) in [6.07, 6.45) is 1.30. The average Bonchev–Trinajstić information content (AvgIpc) is 3.21. The highest BCUT2D eigenvalue weighted by atomic mass is 35.5. The number of carboxylic acids is 1. The van der Waals surface area contributed by atoms with Crippen LogP contribution in [0.3, 0.4) is 0 Å². The Balaban J connectivity index is 1.86. The van der Waals surface area contributed by atoms with E-state index in [1.807, 2.05) is 19.1 Å². The van der Waals surface area contributed by atoms with Crippen LogP contribution in [0.15, 0.2) is 58.5 Å². The van der Waals surface area contributed by atoms with Gasteiger partial charge in [-0.1, -0.05) is 17.7 Å². The molecule has 2 aromatic carbocycles. The number of hydrogen-bond donors (Lipinski definition) is 2. The number of carboxylic acid groups (broad SMARTS) is 1. The van der Waals surface area contributed by atoms with E-state index in [1.54, 1.807) is 30.3 Å². The van der Waals surface area contributed by atoms with Crippen LogP contribution in [0.4, 0.5) is 5.69 Å². The minimum Gasteiger partial charge on any atom is -0.495 e. The third-order valence-corrected chi connectivity index (χ3v) is 4.69. The van der Waals surface area contributed by atoms with Crippen LogP contribution in [0, 0.1) is 18.3 Å². The van der Waals surface area contributed by atoms with Crippen molar-refractivity contribution in [3.63, 3.8) is 0 Å². The zero-order chi connectivity index (χ0) is 22.5. The zero-order valence-corrected chi connectivity index (χ0v) is 17.4. The number of rotatable bonds is 6. The first-order chi connectivity index (χ1) is 14.8. The molecule has 0 fully saturated rings. The molecular formula is C23H17ClN2O5. The zero-order valence-electron chi connectivity index (χ0n) is 16.6. The fraction of sp³-hybridized carbons (Fsp3) is 0.0870. The Bertz CT molecular complexity index is 1240. The molecule has 0 aliphatic rings. The van der Waals surface area contributed by atoms with E-state index >= 15 is 0 Å². The number of hydrogen-bond acceptors (Lipinski definition) is 5. The molecule has 31 heavy (non-hydrogen) atoms. The largest absolute Gasteiger partial charge is 0.495 e. The van der Waals surface area contributed by atoms with E-state index in [4.69, 9.17) is 20.8 Å². The van der Waals surface area contributed by atoms with Crippen molar-refractivity contribution in [2.24, 2.45) is 0 Å². The minimum absolute atomic E-state index is 0.0585. The smallest absolute Gasteiger partial charge is 0.337 e. The van der Waals surface area contributed by atoms with Crippen LogP contribution >= 0.6 is 11.6 Å². The number of carbonyl (C=O) groups excluding carboxylic acids is 1. The van der Waals surface area contributed by atoms with Gasteiger partial charge < -0.3 is 19.6 Å². The summed E-state index contributed by atoms with van der Waals surface area (Å²) >= 11 is 5.89. The highest BCUT2D eigenvalue weighted by molar-refractivity contribution is 6.33. The summed E-state index contributed by atoms with van der Waals surface area (Å²) in [7, 11) is 1.48. The first-order valence-corrected chi connectivity index (χ1v) is 9.41. The van der Waals surface area contributed by atoms with Gasteiger partial charge in [0.05, 0.1) is 23.4 Å². The van der Waals surface area contributed by atoms with Gasteiger partial charge in [-0.25, -0.2) is 4.79 Å². The molecule has 1 aromatic heterocycles. The first-order valence-electron chi connectivity index (χ1n) is 9.03. The van der Waals surface area contributed by atoms with Crippen LogP contribution in [-0.4, -0.2) is 24.1 Å². The van der Waals surface area contributed by atoms with E-state index in [-0.39, 0.29) is 21.9 Å². The van der Waals surface area contributed by atoms with Gasteiger partial charge in [0.15, 0.2) is 0 Å². The van der Waals surface area contributed by atoms with Crippen molar-refractivity contribution in [3.8, 4) is 23.1 Å². The van der Waals surface area contributed by atoms with E-state index in [9.17, 15) is 20.0 Å². The van der Waals surface area contributed by atoms with Gasteiger partial charge in [0.1, 0.15) is 28.9 Å². The molecule has 0 spiro atoms. The lowest BCUT2D eigenvalue weighted by Gasteiger charge is -2.10. The Hall–Kier alpha value is -4.02. The van der Waals surface area contributed by atoms with Crippen molar-refractivity contribution in [1.82, 2.24) is 0 Å². The number of furan rings is 1. The Morgan fingerprint density at radius 2 is 1.97 bits per heavy atom. The number of halogens is 1. The van der Waals surface area contributed by atoms with Crippen molar-refractivity contribution in [1.29, 1.82) is 5.26 Å². The van der Waals surface area contributed by atoms with Crippen LogP contribution < -0.4 is 10.1 Å². The number of nitrogens with one attached hydrogen (secondary N) is 1. The number of aryl methyl sites for hydroxylation is 1. The van der Waals surface area contributed by atoms with Crippen molar-refractivity contribution < 1.29 is 23.8 Å². The maximum absolute atomic E-state index is 12.6. The second-order valence-electron chi connectivity index (χ2n) is 6.53. The molecule has 0 bridgehead atoms. The molecule has 8 heteroatoms. The normalized spacial score (nSPS) is 11.0. The number of carbonyl (C=O) groups is 2. The second kappa shape index (κ2) is 9.20. The van der Waals surface area contributed by atoms with E-state index in [0.717, 1.165) is 5.56 Å². The molecule has 1 heterocycles. The Morgan fingerprint density at radius 3 is 2.65 bits per heavy atom. The van der Waals surface area contributed by atoms with E-state index in [2.05, 4.69) is 5.32 Å². The van der Waals surface area contributed by atoms with Crippen LogP contribution in [0.5, 0.6) is 5.75 Å². The van der Waals surface area contributed by atoms with E-state index in [1.165, 1.54) is 25.3 Å². The molecular weight excluding hydrogens is 420 g/mol. The van der Waals surface area contributed by atoms with Gasteiger partial charge in [-0.2, -0.15) is 5.26 Å². The van der Waals surface area contributed by atoms with Gasteiger partial charge in [0.2, 0.25) is 0 Å². The molecule has 0 aliphatic carbocycles. The van der Waals surface area contributed by atoms with Gasteiger partial charge in [-0.15, -0.1) is 0 Å². The fourth-order valence-corrected chi connectivity index (χ4v) is 3.03. The lowest BCUT2D eigenvalue weighted by Crippen LogP contribution is -2.14. The highest BCUT2D eigenvalue weighted by Crippen LogP contribution is 2.28. The predicted molar refractivity (Wildman–Crippen MR) is 116 cm³/mol. The molecule has 0 unspecified atom stereocenters. The number of anilines is 1. The van der Waals surface area contributed by atoms with E-state index in [0.29, 0.717) is 22.8 Å². The van der Waals surface area contributed by atoms with Crippen molar-refractivity contribution in [3.05, 3.63) is 76.0 Å². The van der Waals surface area contributed by atoms with E-state index < -0.39 is 11.9 Å². The molecule has 1 amide bonds. The number of methoxy groups -OCH3 is 1. The number of amides is 1. The number of benzene rings is 2. The lowest BCUT2D eigenvalue weighted by atomic mass is 10.1. The fourth-order valence-electron chi connectivity index (χ4n) is 2.83. The number of nitrogens with zero attached hydrogens (tertiary/aromatic N) is 1. The Kier molecular flexibility index (Phi) is 6.43. The molecule has 0 radical (unpaired) electrons. The monoisotopic (exact) mass is 436 g/mol. The topological polar surface area (TPSA) is 113 Å². The first kappa shape index (κ1) is 21.7. The molecule has 2 N–H and O–H groups in total. The van der Waals surface area contributed by atoms with Gasteiger partial charge >= 0.3 is 5.97 Å². The molecule has 3 rings (SSSR count). The maximum Gasteiger partial charge on any atom is 0.337 e. The van der Waals surface area contributed by atoms with Crippen molar-refractivity contribution >= 4 is 35.2 Å². The summed E-state index contributed by atoms with van der Waals surface area (Å²) < 4.78 is 10.9. The molecule has 0 atom stereocenters. The number of aromatic carboxylic acids is 1. The number of nitriles is 1. The Morgan fingerprint density at radius 1 is 1.19 bits per heavy atom. The SMILES string of the molecule is COc1ccc(C)cc1NC(=O)/C(C#N)=C/c1ccc(-c2ccc(Cl)c(C(=O)O)c2)o1. The Labute approximate surface area is 183 Å². The third kappa shape index (κ3) is 4.94. The lowest BCUT2D eigenvalue weighted by molar-refractivity contribution is -0.112. The summed E-state index contributed by atoms with van der Waals surface area (Å²) in [4.78, 5) is 23.9. The summed E-state index contributed by atoms with van der Waals surface area (Å²) in [5.74, 6) is -0.695. The molecule has 7 nitrogen and oxygen atoms in total. The maximum atomic E-state index is 12.6. The molecule has 0 saturated heterocycles. The summed E-state index contributed by atoms with van der Waals surface area (Å²) in [6, 6.07) is 14.8. The van der Waals surface area contributed by atoms with Crippen molar-refractivity contribution in [2.75, 3.05) is 12.4 Å². The van der Waals surface area contributed by atoms with Crippen LogP contribution in [0.1, 0.15) is 21.7 Å². The van der Waals surface area contributed by atoms with Crippen LogP contribution in [0.25, 0.3) is 17.4 Å². The standard InChI is InChI=1S/C23H17ClN2O5/c1-13-3-7-21(30-2)19(9-13)26-22(27)15(12-25)10-16-5-8-20(31-16)14-4-6-18(24)17(11-14)23(28)29/h3-11H,1-2H3,(H,26,27)(H,28,29)/b15-10+. The average molecular weight is 437 g/mol. The molecule has 0 aliphatic heterocycles. The van der Waals surface area contributed by atoms with Gasteiger partial charge in [0, 0.05) is 11.6 Å².